The van der Waals surface area contributed by atoms with Crippen LogP contribution in [-0.4, -0.2) is 34.5 Å². The lowest BCUT2D eigenvalue weighted by Crippen LogP contribution is -2.22. The molecule has 3 aromatic rings. The molecule has 0 aliphatic carbocycles. The monoisotopic (exact) mass is 469 g/mol. The SMILES string of the molecule is COc1ccc(-c2cc(C(O)C(F)(F)F)c3c(nc4n3CCCN4)c2Br)c(C)c1. The Morgan fingerprint density at radius 1 is 1.28 bits per heavy atom. The van der Waals surface area contributed by atoms with Crippen LogP contribution in [0.5, 0.6) is 5.75 Å². The second-order valence-corrected chi connectivity index (χ2v) is 7.81. The Morgan fingerprint density at radius 2 is 2.03 bits per heavy atom. The predicted molar refractivity (Wildman–Crippen MR) is 108 cm³/mol. The number of hydrogen-bond donors (Lipinski definition) is 2. The number of benzene rings is 2. The van der Waals surface area contributed by atoms with E-state index in [0.29, 0.717) is 45.9 Å². The van der Waals surface area contributed by atoms with Gasteiger partial charge in [0.15, 0.2) is 6.10 Å². The molecule has 0 saturated carbocycles. The molecule has 1 atom stereocenters. The van der Waals surface area contributed by atoms with Crippen LogP contribution in [0.4, 0.5) is 19.1 Å². The van der Waals surface area contributed by atoms with Gasteiger partial charge in [0.2, 0.25) is 5.95 Å². The van der Waals surface area contributed by atoms with E-state index in [1.807, 2.05) is 13.0 Å². The maximum atomic E-state index is 13.5. The fourth-order valence-electron chi connectivity index (χ4n) is 3.75. The van der Waals surface area contributed by atoms with Crippen LogP contribution in [0.25, 0.3) is 22.2 Å². The molecule has 0 fully saturated rings. The average Bonchev–Trinajstić information content (AvgIpc) is 3.08. The van der Waals surface area contributed by atoms with Crippen molar-refractivity contribution in [3.05, 3.63) is 39.9 Å². The number of anilines is 1. The third-order valence-electron chi connectivity index (χ3n) is 5.16. The van der Waals surface area contributed by atoms with Crippen LogP contribution in [0.2, 0.25) is 0 Å². The number of nitrogens with one attached hydrogen (secondary N) is 1. The Hall–Kier alpha value is -2.26. The first-order valence-corrected chi connectivity index (χ1v) is 9.88. The normalized spacial score (nSPS) is 15.1. The van der Waals surface area contributed by atoms with E-state index in [0.717, 1.165) is 17.5 Å². The van der Waals surface area contributed by atoms with Crippen molar-refractivity contribution in [3.63, 3.8) is 0 Å². The number of aliphatic hydroxyl groups excluding tert-OH is 1. The van der Waals surface area contributed by atoms with E-state index >= 15 is 0 Å². The number of aliphatic hydroxyl groups is 1. The van der Waals surface area contributed by atoms with Gasteiger partial charge in [-0.1, -0.05) is 6.07 Å². The summed E-state index contributed by atoms with van der Waals surface area (Å²) in [6.45, 7) is 3.08. The van der Waals surface area contributed by atoms with Crippen LogP contribution in [-0.2, 0) is 6.54 Å². The van der Waals surface area contributed by atoms with E-state index in [9.17, 15) is 18.3 Å². The lowest BCUT2D eigenvalue weighted by Gasteiger charge is -2.21. The lowest BCUT2D eigenvalue weighted by molar-refractivity contribution is -0.206. The molecule has 2 heterocycles. The quantitative estimate of drug-likeness (QED) is 0.553. The van der Waals surface area contributed by atoms with Crippen LogP contribution < -0.4 is 10.1 Å². The molecule has 2 N–H and O–H groups in total. The smallest absolute Gasteiger partial charge is 0.418 e. The minimum atomic E-state index is -4.79. The molecule has 2 aromatic carbocycles. The second-order valence-electron chi connectivity index (χ2n) is 7.02. The molecule has 0 amide bonds. The number of methoxy groups -OCH3 is 1. The lowest BCUT2D eigenvalue weighted by atomic mass is 9.95. The number of rotatable bonds is 3. The molecule has 0 saturated heterocycles. The van der Waals surface area contributed by atoms with Crippen molar-refractivity contribution in [2.24, 2.45) is 0 Å². The molecule has 0 spiro atoms. The van der Waals surface area contributed by atoms with Crippen molar-refractivity contribution < 1.29 is 23.0 Å². The molecule has 5 nitrogen and oxygen atoms in total. The van der Waals surface area contributed by atoms with Gasteiger partial charge in [0.1, 0.15) is 11.3 Å². The standard InChI is InChI=1S/C20H19BrF3N3O2/c1-10-8-11(29-2)4-5-12(10)13-9-14(18(28)20(22,23)24)17-16(15(13)21)26-19-25-6-3-7-27(17)19/h4-5,8-9,18,28H,3,6-7H2,1-2H3,(H,25,26). The van der Waals surface area contributed by atoms with Crippen LogP contribution >= 0.6 is 15.9 Å². The number of aromatic nitrogens is 2. The van der Waals surface area contributed by atoms with Crippen molar-refractivity contribution in [3.8, 4) is 16.9 Å². The second kappa shape index (κ2) is 7.21. The van der Waals surface area contributed by atoms with E-state index in [1.54, 1.807) is 23.8 Å². The number of fused-ring (bicyclic) bond motifs is 3. The van der Waals surface area contributed by atoms with Crippen molar-refractivity contribution in [2.45, 2.75) is 32.2 Å². The molecule has 154 valence electrons. The summed E-state index contributed by atoms with van der Waals surface area (Å²) in [4.78, 5) is 4.53. The number of aryl methyl sites for hydroxylation is 2. The summed E-state index contributed by atoms with van der Waals surface area (Å²) in [6, 6.07) is 6.76. The third-order valence-corrected chi connectivity index (χ3v) is 5.96. The number of halogens is 4. The maximum Gasteiger partial charge on any atom is 0.418 e. The van der Waals surface area contributed by atoms with Crippen LogP contribution in [0.1, 0.15) is 23.7 Å². The van der Waals surface area contributed by atoms with E-state index in [-0.39, 0.29) is 5.56 Å². The molecule has 1 aliphatic rings. The van der Waals surface area contributed by atoms with Crippen LogP contribution in [0.15, 0.2) is 28.7 Å². The molecule has 0 radical (unpaired) electrons. The number of nitrogens with zero attached hydrogens (tertiary/aromatic N) is 2. The first-order chi connectivity index (χ1) is 13.7. The Balaban J connectivity index is 2.03. The number of alkyl halides is 3. The highest BCUT2D eigenvalue weighted by molar-refractivity contribution is 9.10. The summed E-state index contributed by atoms with van der Waals surface area (Å²) < 4.78 is 48.0. The minimum Gasteiger partial charge on any atom is -0.497 e. The van der Waals surface area contributed by atoms with Gasteiger partial charge in [-0.15, -0.1) is 0 Å². The Morgan fingerprint density at radius 3 is 2.69 bits per heavy atom. The van der Waals surface area contributed by atoms with Gasteiger partial charge in [-0.2, -0.15) is 13.2 Å². The number of hydrogen-bond acceptors (Lipinski definition) is 4. The van der Waals surface area contributed by atoms with Gasteiger partial charge < -0.3 is 19.7 Å². The highest BCUT2D eigenvalue weighted by Crippen LogP contribution is 2.44. The Labute approximate surface area is 173 Å². The van der Waals surface area contributed by atoms with Crippen LogP contribution in [0, 0.1) is 6.92 Å². The highest BCUT2D eigenvalue weighted by Gasteiger charge is 2.42. The van der Waals surface area contributed by atoms with Gasteiger partial charge in [-0.05, 0) is 64.2 Å². The number of ether oxygens (including phenoxy) is 1. The summed E-state index contributed by atoms with van der Waals surface area (Å²) >= 11 is 3.55. The van der Waals surface area contributed by atoms with Crippen LogP contribution in [0.3, 0.4) is 0 Å². The zero-order chi connectivity index (χ0) is 20.9. The van der Waals surface area contributed by atoms with Gasteiger partial charge in [0, 0.05) is 18.7 Å². The van der Waals surface area contributed by atoms with Gasteiger partial charge >= 0.3 is 6.18 Å². The van der Waals surface area contributed by atoms with E-state index in [2.05, 4.69) is 26.2 Å². The fraction of sp³-hybridized carbons (Fsp3) is 0.350. The third kappa shape index (κ3) is 3.36. The molecular weight excluding hydrogens is 451 g/mol. The molecular formula is C20H19BrF3N3O2. The van der Waals surface area contributed by atoms with Gasteiger partial charge in [0.25, 0.3) is 0 Å². The van der Waals surface area contributed by atoms with Gasteiger partial charge in [0.05, 0.1) is 17.1 Å². The molecule has 1 unspecified atom stereocenters. The summed E-state index contributed by atoms with van der Waals surface area (Å²) in [7, 11) is 1.55. The summed E-state index contributed by atoms with van der Waals surface area (Å²) in [6.07, 6.45) is -6.64. The highest BCUT2D eigenvalue weighted by atomic mass is 79.9. The van der Waals surface area contributed by atoms with Crippen molar-refractivity contribution in [1.82, 2.24) is 9.55 Å². The van der Waals surface area contributed by atoms with Crippen molar-refractivity contribution in [1.29, 1.82) is 0 Å². The zero-order valence-electron chi connectivity index (χ0n) is 15.8. The van der Waals surface area contributed by atoms with E-state index < -0.39 is 12.3 Å². The zero-order valence-corrected chi connectivity index (χ0v) is 17.4. The molecule has 0 bridgehead atoms. The predicted octanol–water partition coefficient (Wildman–Crippen LogP) is 5.19. The summed E-state index contributed by atoms with van der Waals surface area (Å²) in [5.74, 6) is 1.16. The minimum absolute atomic E-state index is 0.205. The Bertz CT molecular complexity index is 1090. The summed E-state index contributed by atoms with van der Waals surface area (Å²) in [5.41, 5.74) is 2.57. The molecule has 29 heavy (non-hydrogen) atoms. The fourth-order valence-corrected chi connectivity index (χ4v) is 4.35. The first kappa shape index (κ1) is 20.0. The molecule has 9 heteroatoms. The first-order valence-electron chi connectivity index (χ1n) is 9.08. The topological polar surface area (TPSA) is 59.3 Å². The molecule has 1 aromatic heterocycles. The van der Waals surface area contributed by atoms with E-state index in [1.165, 1.54) is 6.07 Å². The van der Waals surface area contributed by atoms with Crippen molar-refractivity contribution in [2.75, 3.05) is 19.0 Å². The number of imidazole rings is 1. The van der Waals surface area contributed by atoms with Crippen molar-refractivity contribution >= 4 is 32.9 Å². The maximum absolute atomic E-state index is 13.5. The largest absolute Gasteiger partial charge is 0.497 e. The summed E-state index contributed by atoms with van der Waals surface area (Å²) in [5, 5.41) is 13.3. The average molecular weight is 470 g/mol. The van der Waals surface area contributed by atoms with Gasteiger partial charge in [-0.3, -0.25) is 0 Å². The molecule has 1 aliphatic heterocycles. The Kier molecular flexibility index (Phi) is 4.98. The molecule has 4 rings (SSSR count). The van der Waals surface area contributed by atoms with E-state index in [4.69, 9.17) is 4.74 Å². The van der Waals surface area contributed by atoms with Gasteiger partial charge in [-0.25, -0.2) is 4.98 Å².